The first kappa shape index (κ1) is 8.01. The summed E-state index contributed by atoms with van der Waals surface area (Å²) in [6.45, 7) is 2.00. The van der Waals surface area contributed by atoms with Crippen molar-refractivity contribution in [3.8, 4) is 0 Å². The van der Waals surface area contributed by atoms with Gasteiger partial charge in [0, 0.05) is 0 Å². The Morgan fingerprint density at radius 1 is 1.56 bits per heavy atom. The Bertz CT molecular complexity index is 129. The fraction of sp³-hybridized carbons (Fsp3) is 0.500. The van der Waals surface area contributed by atoms with Crippen molar-refractivity contribution in [2.75, 3.05) is 0 Å². The van der Waals surface area contributed by atoms with E-state index in [0.29, 0.717) is 0 Å². The fourth-order valence-corrected chi connectivity index (χ4v) is 0.400. The lowest BCUT2D eigenvalue weighted by Gasteiger charge is -1.91. The molecule has 0 radical (unpaired) electrons. The van der Waals surface area contributed by atoms with Crippen LogP contribution in [0.2, 0.25) is 0 Å². The minimum Gasteiger partial charge on any atom is -0.395 e. The van der Waals surface area contributed by atoms with Gasteiger partial charge in [-0.2, -0.15) is 0 Å². The van der Waals surface area contributed by atoms with Gasteiger partial charge in [-0.3, -0.25) is 4.79 Å². The molecule has 0 bridgehead atoms. The minimum absolute atomic E-state index is 0.164. The molecule has 52 valence electrons. The van der Waals surface area contributed by atoms with E-state index in [1.807, 2.05) is 6.92 Å². The number of carbonyl (C=O) groups is 1. The molecule has 4 N–H and O–H groups in total. The Hall–Kier alpha value is -0.990. The van der Waals surface area contributed by atoms with Gasteiger partial charge in [0.2, 0.25) is 0 Å². The Kier molecular flexibility index (Phi) is 3.51. The van der Waals surface area contributed by atoms with Gasteiger partial charge in [0.25, 0.3) is 5.91 Å². The molecule has 0 fully saturated rings. The molecule has 0 saturated heterocycles. The third-order valence-corrected chi connectivity index (χ3v) is 0.937. The minimum atomic E-state index is -0.538. The molecule has 9 heavy (non-hydrogen) atoms. The average Bonchev–Trinajstić information content (AvgIpc) is 1.82. The SMILES string of the molecule is CCCC=C(N)C(N)=O. The lowest BCUT2D eigenvalue weighted by Crippen LogP contribution is -2.19. The summed E-state index contributed by atoms with van der Waals surface area (Å²) in [5.74, 6) is -0.538. The Morgan fingerprint density at radius 3 is 2.44 bits per heavy atom. The number of amides is 1. The average molecular weight is 128 g/mol. The summed E-state index contributed by atoms with van der Waals surface area (Å²) < 4.78 is 0. The molecule has 0 aliphatic carbocycles. The highest BCUT2D eigenvalue weighted by Gasteiger charge is 1.94. The van der Waals surface area contributed by atoms with E-state index in [2.05, 4.69) is 0 Å². The molecule has 0 rings (SSSR count). The van der Waals surface area contributed by atoms with Crippen LogP contribution >= 0.6 is 0 Å². The standard InChI is InChI=1S/C6H12N2O/c1-2-3-4-5(7)6(8)9/h4H,2-3,7H2,1H3,(H2,8,9). The second-order valence-electron chi connectivity index (χ2n) is 1.81. The Labute approximate surface area is 54.7 Å². The maximum absolute atomic E-state index is 10.2. The van der Waals surface area contributed by atoms with Gasteiger partial charge in [0.1, 0.15) is 0 Å². The number of nitrogens with two attached hydrogens (primary N) is 2. The topological polar surface area (TPSA) is 69.1 Å². The number of allylic oxidation sites excluding steroid dienone is 1. The van der Waals surface area contributed by atoms with Crippen LogP contribution in [0.5, 0.6) is 0 Å². The quantitative estimate of drug-likeness (QED) is 0.530. The van der Waals surface area contributed by atoms with E-state index < -0.39 is 5.91 Å². The maximum atomic E-state index is 10.2. The highest BCUT2D eigenvalue weighted by Crippen LogP contribution is 1.90. The lowest BCUT2D eigenvalue weighted by atomic mass is 10.3. The number of carbonyl (C=O) groups excluding carboxylic acids is 1. The van der Waals surface area contributed by atoms with Crippen LogP contribution in [0.3, 0.4) is 0 Å². The molecule has 0 heterocycles. The zero-order valence-corrected chi connectivity index (χ0v) is 5.55. The van der Waals surface area contributed by atoms with E-state index in [4.69, 9.17) is 11.5 Å². The number of hydrogen-bond acceptors (Lipinski definition) is 2. The molecular formula is C6H12N2O. The van der Waals surface area contributed by atoms with E-state index in [-0.39, 0.29) is 5.70 Å². The number of unbranched alkanes of at least 4 members (excludes halogenated alkanes) is 1. The van der Waals surface area contributed by atoms with Crippen LogP contribution in [0.1, 0.15) is 19.8 Å². The molecule has 0 aliphatic heterocycles. The van der Waals surface area contributed by atoms with E-state index in [1.165, 1.54) is 0 Å². The van der Waals surface area contributed by atoms with Crippen molar-refractivity contribution < 1.29 is 4.79 Å². The van der Waals surface area contributed by atoms with Crippen LogP contribution in [0.25, 0.3) is 0 Å². The number of hydrogen-bond donors (Lipinski definition) is 2. The van der Waals surface area contributed by atoms with Gasteiger partial charge in [-0.25, -0.2) is 0 Å². The van der Waals surface area contributed by atoms with Gasteiger partial charge >= 0.3 is 0 Å². The van der Waals surface area contributed by atoms with Crippen molar-refractivity contribution in [2.24, 2.45) is 11.5 Å². The van der Waals surface area contributed by atoms with Crippen LogP contribution < -0.4 is 11.5 Å². The molecule has 0 spiro atoms. The van der Waals surface area contributed by atoms with Crippen molar-refractivity contribution >= 4 is 5.91 Å². The highest BCUT2D eigenvalue weighted by molar-refractivity contribution is 5.90. The molecule has 0 aromatic heterocycles. The van der Waals surface area contributed by atoms with E-state index in [0.717, 1.165) is 12.8 Å². The molecule has 0 saturated carbocycles. The highest BCUT2D eigenvalue weighted by atomic mass is 16.1. The molecule has 3 heteroatoms. The molecule has 0 aliphatic rings. The zero-order chi connectivity index (χ0) is 7.28. The summed E-state index contributed by atoms with van der Waals surface area (Å²) in [5, 5.41) is 0. The monoisotopic (exact) mass is 128 g/mol. The summed E-state index contributed by atoms with van der Waals surface area (Å²) in [4.78, 5) is 10.2. The maximum Gasteiger partial charge on any atom is 0.264 e. The van der Waals surface area contributed by atoms with Crippen LogP contribution in [0.15, 0.2) is 11.8 Å². The van der Waals surface area contributed by atoms with Gasteiger partial charge in [-0.05, 0) is 6.42 Å². The van der Waals surface area contributed by atoms with Gasteiger partial charge in [-0.1, -0.05) is 19.4 Å². The summed E-state index contributed by atoms with van der Waals surface area (Å²) in [6.07, 6.45) is 3.44. The van der Waals surface area contributed by atoms with Crippen molar-refractivity contribution in [2.45, 2.75) is 19.8 Å². The van der Waals surface area contributed by atoms with Crippen LogP contribution in [-0.2, 0) is 4.79 Å². The van der Waals surface area contributed by atoms with Gasteiger partial charge in [-0.15, -0.1) is 0 Å². The molecule has 3 nitrogen and oxygen atoms in total. The van der Waals surface area contributed by atoms with Crippen molar-refractivity contribution in [1.82, 2.24) is 0 Å². The first-order valence-corrected chi connectivity index (χ1v) is 2.94. The summed E-state index contributed by atoms with van der Waals surface area (Å²) >= 11 is 0. The van der Waals surface area contributed by atoms with E-state index in [9.17, 15) is 4.79 Å². The van der Waals surface area contributed by atoms with Crippen LogP contribution in [-0.4, -0.2) is 5.91 Å². The molecule has 0 unspecified atom stereocenters. The Morgan fingerprint density at radius 2 is 2.11 bits per heavy atom. The number of primary amides is 1. The molecule has 1 amide bonds. The predicted octanol–water partition coefficient (Wildman–Crippen LogP) is 0.114. The first-order valence-electron chi connectivity index (χ1n) is 2.94. The molecule has 0 aromatic rings. The predicted molar refractivity (Wildman–Crippen MR) is 36.4 cm³/mol. The third-order valence-electron chi connectivity index (χ3n) is 0.937. The number of rotatable bonds is 3. The van der Waals surface area contributed by atoms with E-state index >= 15 is 0 Å². The second-order valence-corrected chi connectivity index (χ2v) is 1.81. The van der Waals surface area contributed by atoms with Gasteiger partial charge in [0.15, 0.2) is 0 Å². The molecule has 0 atom stereocenters. The molecule has 0 aromatic carbocycles. The first-order chi connectivity index (χ1) is 4.18. The Balaban J connectivity index is 3.69. The molecular weight excluding hydrogens is 116 g/mol. The normalized spacial score (nSPS) is 11.4. The lowest BCUT2D eigenvalue weighted by molar-refractivity contribution is -0.114. The van der Waals surface area contributed by atoms with Crippen molar-refractivity contribution in [3.63, 3.8) is 0 Å². The van der Waals surface area contributed by atoms with Gasteiger partial charge < -0.3 is 11.5 Å². The summed E-state index contributed by atoms with van der Waals surface area (Å²) in [5.41, 5.74) is 10.2. The van der Waals surface area contributed by atoms with Crippen molar-refractivity contribution in [1.29, 1.82) is 0 Å². The third kappa shape index (κ3) is 3.58. The van der Waals surface area contributed by atoms with Gasteiger partial charge in [0.05, 0.1) is 5.70 Å². The second kappa shape index (κ2) is 3.95. The zero-order valence-electron chi connectivity index (χ0n) is 5.55. The smallest absolute Gasteiger partial charge is 0.264 e. The van der Waals surface area contributed by atoms with Crippen LogP contribution in [0.4, 0.5) is 0 Å². The largest absolute Gasteiger partial charge is 0.395 e. The summed E-state index contributed by atoms with van der Waals surface area (Å²) in [7, 11) is 0. The van der Waals surface area contributed by atoms with E-state index in [1.54, 1.807) is 6.08 Å². The van der Waals surface area contributed by atoms with Crippen LogP contribution in [0, 0.1) is 0 Å². The van der Waals surface area contributed by atoms with Crippen molar-refractivity contribution in [3.05, 3.63) is 11.8 Å². The summed E-state index contributed by atoms with van der Waals surface area (Å²) in [6, 6.07) is 0. The fourth-order valence-electron chi connectivity index (χ4n) is 0.400.